The molecule has 2 heterocycles. The number of nitrogens with zero attached hydrogens (tertiary/aromatic N) is 3. The van der Waals surface area contributed by atoms with Crippen LogP contribution in [0.3, 0.4) is 0 Å². The summed E-state index contributed by atoms with van der Waals surface area (Å²) in [5.41, 5.74) is 0.0406. The standard InChI is InChI=1S/C15H15Cl2N3O3/c1-9-6-19(2-3-23-9)13(21)7-20-8-18-14-11(15(20)22)4-10(16)5-12(14)17/h4-5,8-9H,2-3,6-7H2,1H3. The summed E-state index contributed by atoms with van der Waals surface area (Å²) in [5, 5.41) is 0.964. The molecule has 1 amide bonds. The molecule has 1 aliphatic rings. The number of fused-ring (bicyclic) bond motifs is 1. The van der Waals surface area contributed by atoms with Crippen LogP contribution in [-0.2, 0) is 16.1 Å². The monoisotopic (exact) mass is 355 g/mol. The Morgan fingerprint density at radius 1 is 1.43 bits per heavy atom. The van der Waals surface area contributed by atoms with Gasteiger partial charge in [-0.3, -0.25) is 14.2 Å². The molecule has 1 saturated heterocycles. The van der Waals surface area contributed by atoms with Gasteiger partial charge in [0.25, 0.3) is 5.56 Å². The number of benzene rings is 1. The Morgan fingerprint density at radius 3 is 2.96 bits per heavy atom. The fraction of sp³-hybridized carbons (Fsp3) is 0.400. The Hall–Kier alpha value is -1.63. The van der Waals surface area contributed by atoms with E-state index in [-0.39, 0.29) is 24.1 Å². The molecule has 3 rings (SSSR count). The normalized spacial score (nSPS) is 18.4. The second-order valence-electron chi connectivity index (χ2n) is 5.48. The predicted octanol–water partition coefficient (Wildman–Crippen LogP) is 1.95. The highest BCUT2D eigenvalue weighted by Gasteiger charge is 2.22. The molecule has 8 heteroatoms. The van der Waals surface area contributed by atoms with Gasteiger partial charge in [0.2, 0.25) is 5.91 Å². The summed E-state index contributed by atoms with van der Waals surface area (Å²) < 4.78 is 6.69. The van der Waals surface area contributed by atoms with E-state index in [0.717, 1.165) is 0 Å². The van der Waals surface area contributed by atoms with Crippen molar-refractivity contribution in [2.45, 2.75) is 19.6 Å². The first-order chi connectivity index (χ1) is 11.0. The highest BCUT2D eigenvalue weighted by Crippen LogP contribution is 2.23. The van der Waals surface area contributed by atoms with Gasteiger partial charge in [0.15, 0.2) is 0 Å². The Balaban J connectivity index is 1.90. The van der Waals surface area contributed by atoms with Crippen LogP contribution in [0.25, 0.3) is 10.9 Å². The second kappa shape index (κ2) is 6.47. The van der Waals surface area contributed by atoms with E-state index in [1.807, 2.05) is 6.92 Å². The highest BCUT2D eigenvalue weighted by atomic mass is 35.5. The molecule has 0 bridgehead atoms. The van der Waals surface area contributed by atoms with E-state index in [1.54, 1.807) is 4.90 Å². The maximum Gasteiger partial charge on any atom is 0.261 e. The molecule has 0 N–H and O–H groups in total. The molecule has 0 saturated carbocycles. The van der Waals surface area contributed by atoms with E-state index in [9.17, 15) is 9.59 Å². The SMILES string of the molecule is CC1CN(C(=O)Cn2cnc3c(Cl)cc(Cl)cc3c2=O)CCO1. The number of halogens is 2. The molecule has 1 aliphatic heterocycles. The first kappa shape index (κ1) is 16.2. The average molecular weight is 356 g/mol. The maximum atomic E-state index is 12.5. The molecule has 2 aromatic rings. The molecule has 6 nitrogen and oxygen atoms in total. The van der Waals surface area contributed by atoms with Crippen LogP contribution in [-0.4, -0.2) is 46.2 Å². The van der Waals surface area contributed by atoms with Crippen molar-refractivity contribution in [3.8, 4) is 0 Å². The van der Waals surface area contributed by atoms with Crippen LogP contribution in [0.15, 0.2) is 23.3 Å². The molecule has 0 spiro atoms. The van der Waals surface area contributed by atoms with Crippen molar-refractivity contribution in [3.05, 3.63) is 38.9 Å². The van der Waals surface area contributed by atoms with E-state index in [1.165, 1.54) is 23.0 Å². The number of aromatic nitrogens is 2. The molecule has 0 radical (unpaired) electrons. The fourth-order valence-electron chi connectivity index (χ4n) is 2.60. The van der Waals surface area contributed by atoms with E-state index in [2.05, 4.69) is 4.98 Å². The van der Waals surface area contributed by atoms with Crippen LogP contribution < -0.4 is 5.56 Å². The molecule has 1 aromatic heterocycles. The number of ether oxygens (including phenoxy) is 1. The van der Waals surface area contributed by atoms with Gasteiger partial charge in [-0.05, 0) is 19.1 Å². The summed E-state index contributed by atoms with van der Waals surface area (Å²) in [4.78, 5) is 30.8. The predicted molar refractivity (Wildman–Crippen MR) is 88.0 cm³/mol. The third-order valence-corrected chi connectivity index (χ3v) is 4.25. The minimum absolute atomic E-state index is 0.00300. The third kappa shape index (κ3) is 3.34. The summed E-state index contributed by atoms with van der Waals surface area (Å²) >= 11 is 12.0. The van der Waals surface area contributed by atoms with Crippen molar-refractivity contribution < 1.29 is 9.53 Å². The number of hydrogen-bond donors (Lipinski definition) is 0. The molecular formula is C15H15Cl2N3O3. The van der Waals surface area contributed by atoms with Gasteiger partial charge < -0.3 is 9.64 Å². The Morgan fingerprint density at radius 2 is 2.22 bits per heavy atom. The van der Waals surface area contributed by atoms with E-state index in [4.69, 9.17) is 27.9 Å². The van der Waals surface area contributed by atoms with Crippen molar-refractivity contribution in [1.82, 2.24) is 14.5 Å². The lowest BCUT2D eigenvalue weighted by atomic mass is 10.2. The smallest absolute Gasteiger partial charge is 0.261 e. The van der Waals surface area contributed by atoms with Crippen molar-refractivity contribution in [2.75, 3.05) is 19.7 Å². The summed E-state index contributed by atoms with van der Waals surface area (Å²) in [6.07, 6.45) is 1.34. The van der Waals surface area contributed by atoms with Gasteiger partial charge in [-0.25, -0.2) is 4.98 Å². The minimum Gasteiger partial charge on any atom is -0.375 e. The zero-order valence-corrected chi connectivity index (χ0v) is 14.0. The minimum atomic E-state index is -0.339. The molecule has 0 aliphatic carbocycles. The Labute approximate surface area is 142 Å². The van der Waals surface area contributed by atoms with Gasteiger partial charge in [0, 0.05) is 18.1 Å². The summed E-state index contributed by atoms with van der Waals surface area (Å²) in [6, 6.07) is 3.04. The number of hydrogen-bond acceptors (Lipinski definition) is 4. The van der Waals surface area contributed by atoms with Crippen LogP contribution in [0.4, 0.5) is 0 Å². The molecule has 1 atom stereocenters. The van der Waals surface area contributed by atoms with Crippen LogP contribution in [0.2, 0.25) is 10.0 Å². The zero-order chi connectivity index (χ0) is 16.6. The largest absolute Gasteiger partial charge is 0.375 e. The molecule has 1 unspecified atom stereocenters. The highest BCUT2D eigenvalue weighted by molar-refractivity contribution is 6.38. The lowest BCUT2D eigenvalue weighted by molar-refractivity contribution is -0.138. The number of carbonyl (C=O) groups excluding carboxylic acids is 1. The van der Waals surface area contributed by atoms with Gasteiger partial charge >= 0.3 is 0 Å². The van der Waals surface area contributed by atoms with Gasteiger partial charge in [-0.2, -0.15) is 0 Å². The maximum absolute atomic E-state index is 12.5. The van der Waals surface area contributed by atoms with Crippen LogP contribution in [0, 0.1) is 0 Å². The van der Waals surface area contributed by atoms with Gasteiger partial charge in [-0.15, -0.1) is 0 Å². The van der Waals surface area contributed by atoms with Crippen LogP contribution in [0.1, 0.15) is 6.92 Å². The van der Waals surface area contributed by atoms with E-state index in [0.29, 0.717) is 40.6 Å². The molecule has 122 valence electrons. The van der Waals surface area contributed by atoms with Gasteiger partial charge in [0.1, 0.15) is 6.54 Å². The quantitative estimate of drug-likeness (QED) is 0.825. The average Bonchev–Trinajstić information content (AvgIpc) is 2.50. The van der Waals surface area contributed by atoms with Gasteiger partial charge in [-0.1, -0.05) is 23.2 Å². The number of amides is 1. The summed E-state index contributed by atoms with van der Waals surface area (Å²) in [6.45, 7) is 3.39. The fourth-order valence-corrected chi connectivity index (χ4v) is 3.14. The van der Waals surface area contributed by atoms with E-state index >= 15 is 0 Å². The first-order valence-electron chi connectivity index (χ1n) is 7.19. The van der Waals surface area contributed by atoms with Gasteiger partial charge in [0.05, 0.1) is 35.0 Å². The third-order valence-electron chi connectivity index (χ3n) is 3.75. The molecular weight excluding hydrogens is 341 g/mol. The lowest BCUT2D eigenvalue weighted by Crippen LogP contribution is -2.46. The Bertz CT molecular complexity index is 821. The van der Waals surface area contributed by atoms with Crippen molar-refractivity contribution in [1.29, 1.82) is 0 Å². The van der Waals surface area contributed by atoms with E-state index < -0.39 is 0 Å². The zero-order valence-electron chi connectivity index (χ0n) is 12.5. The number of rotatable bonds is 2. The topological polar surface area (TPSA) is 64.4 Å². The molecule has 1 aromatic carbocycles. The Kier molecular flexibility index (Phi) is 4.57. The summed E-state index contributed by atoms with van der Waals surface area (Å²) in [5.74, 6) is -0.142. The van der Waals surface area contributed by atoms with Crippen LogP contribution in [0.5, 0.6) is 0 Å². The molecule has 1 fully saturated rings. The first-order valence-corrected chi connectivity index (χ1v) is 7.95. The molecule has 23 heavy (non-hydrogen) atoms. The number of carbonyl (C=O) groups is 1. The van der Waals surface area contributed by atoms with Crippen molar-refractivity contribution >= 4 is 40.0 Å². The number of morpholine rings is 1. The lowest BCUT2D eigenvalue weighted by Gasteiger charge is -2.31. The van der Waals surface area contributed by atoms with Crippen molar-refractivity contribution in [2.24, 2.45) is 0 Å². The van der Waals surface area contributed by atoms with Crippen molar-refractivity contribution in [3.63, 3.8) is 0 Å². The van der Waals surface area contributed by atoms with Crippen LogP contribution >= 0.6 is 23.2 Å². The second-order valence-corrected chi connectivity index (χ2v) is 6.33. The summed E-state index contributed by atoms with van der Waals surface area (Å²) in [7, 11) is 0.